The zero-order valence-corrected chi connectivity index (χ0v) is 14.2. The molecule has 1 aromatic rings. The van der Waals surface area contributed by atoms with Gasteiger partial charge in [0.2, 0.25) is 0 Å². The van der Waals surface area contributed by atoms with E-state index < -0.39 is 0 Å². The highest BCUT2D eigenvalue weighted by Gasteiger charge is 2.33. The molecular formula is C16H14BrNO3S. The van der Waals surface area contributed by atoms with Gasteiger partial charge in [-0.1, -0.05) is 24.8 Å². The van der Waals surface area contributed by atoms with Crippen LogP contribution in [0.15, 0.2) is 52.9 Å². The van der Waals surface area contributed by atoms with Gasteiger partial charge in [0.05, 0.1) is 9.38 Å². The largest absolute Gasteiger partial charge is 0.488 e. The number of ether oxygens (including phenoxy) is 1. The average molecular weight is 380 g/mol. The molecule has 0 saturated carbocycles. The topological polar surface area (TPSA) is 46.6 Å². The summed E-state index contributed by atoms with van der Waals surface area (Å²) in [6, 6.07) is 5.46. The van der Waals surface area contributed by atoms with Crippen molar-refractivity contribution in [3.8, 4) is 5.75 Å². The number of carbonyl (C=O) groups is 2. The number of hydrogen-bond acceptors (Lipinski definition) is 4. The molecule has 0 unspecified atom stereocenters. The third-order valence-corrected chi connectivity index (χ3v) is 4.32. The first kappa shape index (κ1) is 16.6. The number of thioether (sulfide) groups is 1. The van der Waals surface area contributed by atoms with Crippen molar-refractivity contribution in [2.24, 2.45) is 0 Å². The summed E-state index contributed by atoms with van der Waals surface area (Å²) in [5.74, 6) is 0.398. The molecule has 2 amide bonds. The lowest BCUT2D eigenvalue weighted by atomic mass is 10.2. The Morgan fingerprint density at radius 2 is 2.05 bits per heavy atom. The first-order valence-electron chi connectivity index (χ1n) is 6.46. The second kappa shape index (κ2) is 7.47. The summed E-state index contributed by atoms with van der Waals surface area (Å²) < 4.78 is 6.24. The molecule has 1 fully saturated rings. The van der Waals surface area contributed by atoms with Crippen LogP contribution in [0.4, 0.5) is 4.79 Å². The Balaban J connectivity index is 2.21. The fourth-order valence-corrected chi connectivity index (χ4v) is 3.17. The van der Waals surface area contributed by atoms with Crippen molar-refractivity contribution in [3.63, 3.8) is 0 Å². The van der Waals surface area contributed by atoms with E-state index in [1.807, 2.05) is 12.1 Å². The normalized spacial score (nSPS) is 16.2. The maximum atomic E-state index is 12.1. The SMILES string of the molecule is C=CCOc1ccc(/C=C2/SC(=O)N(CC=C)C2=O)cc1Br. The van der Waals surface area contributed by atoms with E-state index in [9.17, 15) is 9.59 Å². The van der Waals surface area contributed by atoms with Gasteiger partial charge in [0.1, 0.15) is 12.4 Å². The Kier molecular flexibility index (Phi) is 5.63. The Bertz CT molecular complexity index is 669. The number of rotatable bonds is 6. The first-order valence-corrected chi connectivity index (χ1v) is 8.07. The van der Waals surface area contributed by atoms with E-state index in [0.29, 0.717) is 17.3 Å². The zero-order chi connectivity index (χ0) is 16.1. The van der Waals surface area contributed by atoms with Crippen molar-refractivity contribution in [1.29, 1.82) is 0 Å². The van der Waals surface area contributed by atoms with Crippen LogP contribution in [0.3, 0.4) is 0 Å². The number of carbonyl (C=O) groups excluding carboxylic acids is 2. The number of amides is 2. The van der Waals surface area contributed by atoms with Gasteiger partial charge in [-0.25, -0.2) is 0 Å². The van der Waals surface area contributed by atoms with Crippen LogP contribution in [0.2, 0.25) is 0 Å². The predicted octanol–water partition coefficient (Wildman–Crippen LogP) is 4.24. The highest BCUT2D eigenvalue weighted by Crippen LogP contribution is 2.33. The van der Waals surface area contributed by atoms with Crippen LogP contribution in [-0.4, -0.2) is 29.2 Å². The van der Waals surface area contributed by atoms with Gasteiger partial charge in [-0.3, -0.25) is 14.5 Å². The van der Waals surface area contributed by atoms with Gasteiger partial charge in [-0.05, 0) is 51.5 Å². The van der Waals surface area contributed by atoms with E-state index in [-0.39, 0.29) is 17.7 Å². The smallest absolute Gasteiger partial charge is 0.293 e. The van der Waals surface area contributed by atoms with Gasteiger partial charge < -0.3 is 4.74 Å². The quantitative estimate of drug-likeness (QED) is 0.547. The lowest BCUT2D eigenvalue weighted by molar-refractivity contribution is -0.122. The van der Waals surface area contributed by atoms with Crippen LogP contribution < -0.4 is 4.74 Å². The van der Waals surface area contributed by atoms with E-state index in [4.69, 9.17) is 4.74 Å². The summed E-state index contributed by atoms with van der Waals surface area (Å²) in [6.45, 7) is 7.78. The molecule has 0 spiro atoms. The van der Waals surface area contributed by atoms with Gasteiger partial charge >= 0.3 is 0 Å². The molecule has 0 radical (unpaired) electrons. The fraction of sp³-hybridized carbons (Fsp3) is 0.125. The second-order valence-corrected chi connectivity index (χ2v) is 6.22. The average Bonchev–Trinajstić information content (AvgIpc) is 2.74. The van der Waals surface area contributed by atoms with Crippen LogP contribution in [0, 0.1) is 0 Å². The van der Waals surface area contributed by atoms with Crippen LogP contribution in [0.1, 0.15) is 5.56 Å². The van der Waals surface area contributed by atoms with E-state index in [1.54, 1.807) is 18.2 Å². The van der Waals surface area contributed by atoms with Crippen molar-refractivity contribution >= 4 is 44.9 Å². The molecule has 114 valence electrons. The summed E-state index contributed by atoms with van der Waals surface area (Å²) in [4.78, 5) is 25.4. The molecular weight excluding hydrogens is 366 g/mol. The molecule has 0 bridgehead atoms. The molecule has 0 aromatic heterocycles. The van der Waals surface area contributed by atoms with E-state index in [0.717, 1.165) is 21.8 Å². The summed E-state index contributed by atoms with van der Waals surface area (Å²) >= 11 is 4.35. The Morgan fingerprint density at radius 3 is 2.68 bits per heavy atom. The number of hydrogen-bond donors (Lipinski definition) is 0. The summed E-state index contributed by atoms with van der Waals surface area (Å²) in [5.41, 5.74) is 0.807. The molecule has 1 aromatic carbocycles. The molecule has 0 aliphatic carbocycles. The molecule has 0 atom stereocenters. The molecule has 1 saturated heterocycles. The Labute approximate surface area is 141 Å². The standard InChI is InChI=1S/C16H14BrNO3S/c1-3-7-18-15(19)14(22-16(18)20)10-11-5-6-13(12(17)9-11)21-8-4-2/h3-6,9-10H,1-2,7-8H2/b14-10+. The van der Waals surface area contributed by atoms with Crippen molar-refractivity contribution in [2.75, 3.05) is 13.2 Å². The van der Waals surface area contributed by atoms with Gasteiger partial charge in [0.25, 0.3) is 11.1 Å². The maximum Gasteiger partial charge on any atom is 0.293 e. The van der Waals surface area contributed by atoms with Gasteiger partial charge in [-0.2, -0.15) is 0 Å². The minimum Gasteiger partial charge on any atom is -0.488 e. The summed E-state index contributed by atoms with van der Waals surface area (Å²) in [6.07, 6.45) is 4.88. The van der Waals surface area contributed by atoms with E-state index >= 15 is 0 Å². The number of benzene rings is 1. The third-order valence-electron chi connectivity index (χ3n) is 2.80. The zero-order valence-electron chi connectivity index (χ0n) is 11.8. The lowest BCUT2D eigenvalue weighted by Crippen LogP contribution is -2.27. The van der Waals surface area contributed by atoms with Crippen LogP contribution in [0.25, 0.3) is 6.08 Å². The van der Waals surface area contributed by atoms with Crippen LogP contribution in [0.5, 0.6) is 5.75 Å². The molecule has 1 aliphatic rings. The summed E-state index contributed by atoms with van der Waals surface area (Å²) in [5, 5.41) is -0.277. The number of halogens is 1. The van der Waals surface area contributed by atoms with E-state index in [2.05, 4.69) is 29.1 Å². The van der Waals surface area contributed by atoms with Gasteiger partial charge in [0, 0.05) is 6.54 Å². The molecule has 1 aliphatic heterocycles. The molecule has 6 heteroatoms. The highest BCUT2D eigenvalue weighted by molar-refractivity contribution is 9.10. The van der Waals surface area contributed by atoms with Crippen molar-refractivity contribution in [2.45, 2.75) is 0 Å². The van der Waals surface area contributed by atoms with Crippen molar-refractivity contribution in [1.82, 2.24) is 4.90 Å². The molecule has 4 nitrogen and oxygen atoms in total. The Hall–Kier alpha value is -1.79. The van der Waals surface area contributed by atoms with Crippen LogP contribution in [-0.2, 0) is 4.79 Å². The van der Waals surface area contributed by atoms with Crippen molar-refractivity contribution in [3.05, 3.63) is 58.5 Å². The first-order chi connectivity index (χ1) is 10.6. The molecule has 1 heterocycles. The third kappa shape index (κ3) is 3.69. The number of imide groups is 1. The van der Waals surface area contributed by atoms with Crippen molar-refractivity contribution < 1.29 is 14.3 Å². The number of nitrogens with zero attached hydrogens (tertiary/aromatic N) is 1. The highest BCUT2D eigenvalue weighted by atomic mass is 79.9. The van der Waals surface area contributed by atoms with Gasteiger partial charge in [-0.15, -0.1) is 6.58 Å². The second-order valence-electron chi connectivity index (χ2n) is 4.37. The molecule has 22 heavy (non-hydrogen) atoms. The minimum absolute atomic E-state index is 0.222. The van der Waals surface area contributed by atoms with Gasteiger partial charge in [0.15, 0.2) is 0 Å². The maximum absolute atomic E-state index is 12.1. The van der Waals surface area contributed by atoms with E-state index in [1.165, 1.54) is 11.0 Å². The fourth-order valence-electron chi connectivity index (χ4n) is 1.81. The predicted molar refractivity (Wildman–Crippen MR) is 92.7 cm³/mol. The minimum atomic E-state index is -0.294. The summed E-state index contributed by atoms with van der Waals surface area (Å²) in [7, 11) is 0. The van der Waals surface area contributed by atoms with Crippen LogP contribution >= 0.6 is 27.7 Å². The Morgan fingerprint density at radius 1 is 1.27 bits per heavy atom. The molecule has 0 N–H and O–H groups in total. The lowest BCUT2D eigenvalue weighted by Gasteiger charge is -2.08. The monoisotopic (exact) mass is 379 g/mol. The molecule has 2 rings (SSSR count).